The van der Waals surface area contributed by atoms with E-state index in [9.17, 15) is 14.4 Å². The number of esters is 1. The topological polar surface area (TPSA) is 84.9 Å². The first-order valence-corrected chi connectivity index (χ1v) is 10.4. The van der Waals surface area contributed by atoms with Crippen molar-refractivity contribution in [3.05, 3.63) is 95.1 Å². The second-order valence-corrected chi connectivity index (χ2v) is 7.68. The molecule has 3 aromatic carbocycles. The minimum atomic E-state index is -0.656. The summed E-state index contributed by atoms with van der Waals surface area (Å²) in [6, 6.07) is 21.1. The number of amides is 2. The van der Waals surface area contributed by atoms with Crippen LogP contribution in [-0.2, 0) is 16.1 Å². The molecule has 0 aromatic heterocycles. The lowest BCUT2D eigenvalue weighted by Gasteiger charge is -2.12. The summed E-state index contributed by atoms with van der Waals surface area (Å²) in [5.41, 5.74) is 3.34. The predicted molar refractivity (Wildman–Crippen MR) is 125 cm³/mol. The number of ether oxygens (including phenoxy) is 2. The van der Waals surface area contributed by atoms with E-state index in [0.717, 1.165) is 11.1 Å². The van der Waals surface area contributed by atoms with Crippen molar-refractivity contribution in [2.24, 2.45) is 0 Å². The van der Waals surface area contributed by atoms with E-state index in [0.29, 0.717) is 23.6 Å². The van der Waals surface area contributed by atoms with Crippen LogP contribution in [0.3, 0.4) is 0 Å². The largest absolute Gasteiger partial charge is 0.488 e. The molecule has 0 atom stereocenters. The maximum absolute atomic E-state index is 12.5. The highest BCUT2D eigenvalue weighted by Gasteiger charge is 2.16. The Labute approximate surface area is 192 Å². The summed E-state index contributed by atoms with van der Waals surface area (Å²) >= 11 is 0. The van der Waals surface area contributed by atoms with E-state index < -0.39 is 18.5 Å². The molecular formula is C26H26N2O5. The molecule has 0 bridgehead atoms. The first kappa shape index (κ1) is 23.5. The Morgan fingerprint density at radius 3 is 2.33 bits per heavy atom. The number of aryl methyl sites for hydroxylation is 1. The highest BCUT2D eigenvalue weighted by molar-refractivity contribution is 5.97. The molecule has 1 N–H and O–H groups in total. The van der Waals surface area contributed by atoms with Gasteiger partial charge in [0.15, 0.2) is 6.61 Å². The van der Waals surface area contributed by atoms with Crippen molar-refractivity contribution in [1.82, 2.24) is 4.90 Å². The zero-order valence-electron chi connectivity index (χ0n) is 18.8. The van der Waals surface area contributed by atoms with Crippen LogP contribution in [0.2, 0.25) is 0 Å². The molecule has 170 valence electrons. The third kappa shape index (κ3) is 6.67. The van der Waals surface area contributed by atoms with E-state index in [1.165, 1.54) is 4.90 Å². The molecule has 3 rings (SSSR count). The standard InChI is InChI=1S/C26H26N2O5/c1-18-7-6-8-19(15-18)16-32-23-10-5-4-9-22(23)26(31)33-17-24(29)27-21-13-11-20(12-14-21)25(30)28(2)3/h4-15H,16-17H2,1-3H3,(H,27,29). The highest BCUT2D eigenvalue weighted by atomic mass is 16.5. The minimum Gasteiger partial charge on any atom is -0.488 e. The normalized spacial score (nSPS) is 10.3. The van der Waals surface area contributed by atoms with Gasteiger partial charge in [0.1, 0.15) is 17.9 Å². The Kier molecular flexibility index (Phi) is 7.81. The van der Waals surface area contributed by atoms with Gasteiger partial charge >= 0.3 is 5.97 Å². The molecule has 3 aromatic rings. The lowest BCUT2D eigenvalue weighted by Crippen LogP contribution is -2.22. The molecule has 0 saturated heterocycles. The quantitative estimate of drug-likeness (QED) is 0.527. The van der Waals surface area contributed by atoms with Gasteiger partial charge in [-0.1, -0.05) is 42.0 Å². The number of nitrogens with one attached hydrogen (secondary N) is 1. The van der Waals surface area contributed by atoms with Gasteiger partial charge in [0.05, 0.1) is 0 Å². The third-order valence-corrected chi connectivity index (χ3v) is 4.74. The number of nitrogens with zero attached hydrogens (tertiary/aromatic N) is 1. The number of rotatable bonds is 8. The number of carbonyl (C=O) groups excluding carboxylic acids is 3. The van der Waals surface area contributed by atoms with Crippen LogP contribution in [0.5, 0.6) is 5.75 Å². The fraction of sp³-hybridized carbons (Fsp3) is 0.192. The Morgan fingerprint density at radius 1 is 0.909 bits per heavy atom. The maximum Gasteiger partial charge on any atom is 0.342 e. The molecule has 0 unspecified atom stereocenters. The van der Waals surface area contributed by atoms with Gasteiger partial charge in [-0.2, -0.15) is 0 Å². The van der Waals surface area contributed by atoms with Crippen LogP contribution in [0.4, 0.5) is 5.69 Å². The van der Waals surface area contributed by atoms with Gasteiger partial charge in [0.2, 0.25) is 0 Å². The van der Waals surface area contributed by atoms with Gasteiger partial charge in [0.25, 0.3) is 11.8 Å². The van der Waals surface area contributed by atoms with E-state index in [-0.39, 0.29) is 11.5 Å². The SMILES string of the molecule is Cc1cccc(COc2ccccc2C(=O)OCC(=O)Nc2ccc(C(=O)N(C)C)cc2)c1. The average Bonchev–Trinajstić information content (AvgIpc) is 2.81. The summed E-state index contributed by atoms with van der Waals surface area (Å²) < 4.78 is 11.0. The van der Waals surface area contributed by atoms with Gasteiger partial charge in [-0.3, -0.25) is 9.59 Å². The van der Waals surface area contributed by atoms with Crippen molar-refractivity contribution in [3.63, 3.8) is 0 Å². The van der Waals surface area contributed by atoms with E-state index in [2.05, 4.69) is 5.32 Å². The number of para-hydroxylation sites is 1. The van der Waals surface area contributed by atoms with Crippen LogP contribution >= 0.6 is 0 Å². The first-order valence-electron chi connectivity index (χ1n) is 10.4. The van der Waals surface area contributed by atoms with Crippen LogP contribution in [0.25, 0.3) is 0 Å². The number of hydrogen-bond acceptors (Lipinski definition) is 5. The van der Waals surface area contributed by atoms with Crippen LogP contribution in [0, 0.1) is 6.92 Å². The van der Waals surface area contributed by atoms with E-state index >= 15 is 0 Å². The average molecular weight is 447 g/mol. The van der Waals surface area contributed by atoms with Crippen molar-refractivity contribution in [2.75, 3.05) is 26.0 Å². The Morgan fingerprint density at radius 2 is 1.64 bits per heavy atom. The Bertz CT molecular complexity index is 1140. The molecule has 7 nitrogen and oxygen atoms in total. The lowest BCUT2D eigenvalue weighted by atomic mass is 10.1. The first-order chi connectivity index (χ1) is 15.8. The molecule has 0 saturated carbocycles. The van der Waals surface area contributed by atoms with Crippen LogP contribution in [0.1, 0.15) is 31.8 Å². The summed E-state index contributed by atoms with van der Waals surface area (Å²) in [4.78, 5) is 38.2. The van der Waals surface area contributed by atoms with Crippen molar-refractivity contribution >= 4 is 23.5 Å². The number of anilines is 1. The second-order valence-electron chi connectivity index (χ2n) is 7.68. The monoisotopic (exact) mass is 446 g/mol. The summed E-state index contributed by atoms with van der Waals surface area (Å²) in [7, 11) is 3.33. The lowest BCUT2D eigenvalue weighted by molar-refractivity contribution is -0.119. The highest BCUT2D eigenvalue weighted by Crippen LogP contribution is 2.21. The summed E-state index contributed by atoms with van der Waals surface area (Å²) in [5, 5.41) is 2.64. The molecule has 0 spiro atoms. The van der Waals surface area contributed by atoms with Gasteiger partial charge in [-0.05, 0) is 48.9 Å². The van der Waals surface area contributed by atoms with Crippen molar-refractivity contribution in [2.45, 2.75) is 13.5 Å². The Balaban J connectivity index is 1.55. The molecule has 0 radical (unpaired) electrons. The predicted octanol–water partition coefficient (Wildman–Crippen LogP) is 4.07. The van der Waals surface area contributed by atoms with Crippen LogP contribution in [0.15, 0.2) is 72.8 Å². The van der Waals surface area contributed by atoms with Crippen molar-refractivity contribution < 1.29 is 23.9 Å². The van der Waals surface area contributed by atoms with Crippen LogP contribution in [-0.4, -0.2) is 43.4 Å². The molecule has 7 heteroatoms. The number of benzene rings is 3. The van der Waals surface area contributed by atoms with E-state index in [1.807, 2.05) is 31.2 Å². The van der Waals surface area contributed by atoms with Crippen molar-refractivity contribution in [1.29, 1.82) is 0 Å². The summed E-state index contributed by atoms with van der Waals surface area (Å²) in [5.74, 6) is -0.902. The summed E-state index contributed by atoms with van der Waals surface area (Å²) in [6.45, 7) is 1.85. The zero-order valence-corrected chi connectivity index (χ0v) is 18.8. The molecule has 0 aliphatic carbocycles. The van der Waals surface area contributed by atoms with E-state index in [4.69, 9.17) is 9.47 Å². The van der Waals surface area contributed by atoms with Gasteiger partial charge in [-0.25, -0.2) is 4.79 Å². The fourth-order valence-corrected chi connectivity index (χ4v) is 3.08. The molecule has 0 aliphatic rings. The van der Waals surface area contributed by atoms with Crippen LogP contribution < -0.4 is 10.1 Å². The van der Waals surface area contributed by atoms with Crippen molar-refractivity contribution in [3.8, 4) is 5.75 Å². The number of carbonyl (C=O) groups is 3. The molecule has 0 fully saturated rings. The molecule has 2 amide bonds. The van der Waals surface area contributed by atoms with Gasteiger partial charge < -0.3 is 19.7 Å². The molecular weight excluding hydrogens is 420 g/mol. The fourth-order valence-electron chi connectivity index (χ4n) is 3.08. The molecule has 33 heavy (non-hydrogen) atoms. The Hall–Kier alpha value is -4.13. The smallest absolute Gasteiger partial charge is 0.342 e. The zero-order chi connectivity index (χ0) is 23.8. The number of hydrogen-bond donors (Lipinski definition) is 1. The van der Waals surface area contributed by atoms with E-state index in [1.54, 1.807) is 62.6 Å². The van der Waals surface area contributed by atoms with Gasteiger partial charge in [-0.15, -0.1) is 0 Å². The summed E-state index contributed by atoms with van der Waals surface area (Å²) in [6.07, 6.45) is 0. The minimum absolute atomic E-state index is 0.134. The molecule has 0 heterocycles. The molecule has 0 aliphatic heterocycles. The van der Waals surface area contributed by atoms with Gasteiger partial charge in [0, 0.05) is 25.3 Å². The maximum atomic E-state index is 12.5. The second kappa shape index (κ2) is 10.9. The third-order valence-electron chi connectivity index (χ3n) is 4.74.